The van der Waals surface area contributed by atoms with Crippen molar-refractivity contribution in [3.63, 3.8) is 0 Å². The van der Waals surface area contributed by atoms with Gasteiger partial charge in [0.1, 0.15) is 11.5 Å². The van der Waals surface area contributed by atoms with Crippen molar-refractivity contribution in [1.29, 1.82) is 0 Å². The molecule has 2 aromatic rings. The molecule has 0 radical (unpaired) electrons. The van der Waals surface area contributed by atoms with Crippen LogP contribution in [0.5, 0.6) is 23.0 Å². The number of hydrogen-bond acceptors (Lipinski definition) is 6. The van der Waals surface area contributed by atoms with Crippen LogP contribution in [0.15, 0.2) is 36.4 Å². The fourth-order valence-corrected chi connectivity index (χ4v) is 5.65. The summed E-state index contributed by atoms with van der Waals surface area (Å²) in [5.74, 6) is 1.73. The average Bonchev–Trinajstić information content (AvgIpc) is 2.72. The molecular formula is C24H36O6SSi2. The standard InChI is InChI=1S/C24H36O6SSi2/c1-23(2,3)32(7,8)29-17-11-13-21-19(15-17)20-16-18(30-33(9,10)24(4,5)6)12-14-22(20)28-31(25,26)27-21/h11-16H,1-10H3. The summed E-state index contributed by atoms with van der Waals surface area (Å²) in [7, 11) is -8.45. The van der Waals surface area contributed by atoms with Gasteiger partial charge in [0.05, 0.1) is 0 Å². The largest absolute Gasteiger partial charge is 0.543 e. The van der Waals surface area contributed by atoms with Crippen molar-refractivity contribution in [2.75, 3.05) is 0 Å². The molecule has 0 aromatic heterocycles. The number of benzene rings is 2. The lowest BCUT2D eigenvalue weighted by atomic mass is 10.0. The molecule has 0 spiro atoms. The molecule has 0 fully saturated rings. The van der Waals surface area contributed by atoms with Gasteiger partial charge in [-0.3, -0.25) is 0 Å². The number of rotatable bonds is 4. The zero-order chi connectivity index (χ0) is 25.0. The molecule has 0 saturated carbocycles. The third-order valence-corrected chi connectivity index (χ3v) is 16.4. The van der Waals surface area contributed by atoms with Crippen LogP contribution in [0.25, 0.3) is 11.1 Å². The fraction of sp³-hybridized carbons (Fsp3) is 0.500. The fourth-order valence-electron chi connectivity index (χ4n) is 2.84. The lowest BCUT2D eigenvalue weighted by Crippen LogP contribution is -2.43. The van der Waals surface area contributed by atoms with Crippen LogP contribution in [-0.2, 0) is 10.4 Å². The van der Waals surface area contributed by atoms with Gasteiger partial charge in [0, 0.05) is 11.1 Å². The van der Waals surface area contributed by atoms with E-state index in [1.165, 1.54) is 0 Å². The number of hydrogen-bond donors (Lipinski definition) is 0. The normalized spacial score (nSPS) is 15.9. The van der Waals surface area contributed by atoms with E-state index in [4.69, 9.17) is 17.2 Å². The lowest BCUT2D eigenvalue weighted by Gasteiger charge is -2.36. The zero-order valence-electron chi connectivity index (χ0n) is 21.3. The molecule has 182 valence electrons. The Bertz CT molecular complexity index is 1070. The van der Waals surface area contributed by atoms with E-state index in [-0.39, 0.29) is 21.6 Å². The minimum atomic E-state index is -4.25. The van der Waals surface area contributed by atoms with Crippen molar-refractivity contribution in [3.8, 4) is 34.1 Å². The average molecular weight is 509 g/mol. The van der Waals surface area contributed by atoms with Gasteiger partial charge in [0.2, 0.25) is 16.6 Å². The highest BCUT2D eigenvalue weighted by Crippen LogP contribution is 2.46. The minimum absolute atomic E-state index is 0.0187. The van der Waals surface area contributed by atoms with Crippen molar-refractivity contribution < 1.29 is 25.6 Å². The maximum absolute atomic E-state index is 12.4. The topological polar surface area (TPSA) is 71.1 Å². The van der Waals surface area contributed by atoms with E-state index in [0.29, 0.717) is 22.6 Å². The number of fused-ring (bicyclic) bond motifs is 3. The van der Waals surface area contributed by atoms with Gasteiger partial charge >= 0.3 is 10.4 Å². The Morgan fingerprint density at radius 3 is 1.30 bits per heavy atom. The summed E-state index contributed by atoms with van der Waals surface area (Å²) in [5, 5.41) is 0.0374. The highest BCUT2D eigenvalue weighted by molar-refractivity contribution is 7.82. The van der Waals surface area contributed by atoms with E-state index >= 15 is 0 Å². The molecular weight excluding hydrogens is 472 g/mol. The van der Waals surface area contributed by atoms with Gasteiger partial charge in [-0.25, -0.2) is 0 Å². The Labute approximate surface area is 200 Å². The van der Waals surface area contributed by atoms with Crippen LogP contribution < -0.4 is 17.2 Å². The van der Waals surface area contributed by atoms with Crippen molar-refractivity contribution in [3.05, 3.63) is 36.4 Å². The van der Waals surface area contributed by atoms with Gasteiger partial charge in [-0.15, -0.1) is 8.42 Å². The first-order valence-electron chi connectivity index (χ1n) is 11.1. The molecule has 0 saturated heterocycles. The van der Waals surface area contributed by atoms with Crippen LogP contribution in [0.1, 0.15) is 41.5 Å². The van der Waals surface area contributed by atoms with Gasteiger partial charge in [-0.2, -0.15) is 0 Å². The summed E-state index contributed by atoms with van der Waals surface area (Å²) in [6.45, 7) is 21.7. The third-order valence-electron chi connectivity index (χ3n) is 6.93. The van der Waals surface area contributed by atoms with E-state index in [1.807, 2.05) is 12.1 Å². The first-order valence-corrected chi connectivity index (χ1v) is 18.3. The summed E-state index contributed by atoms with van der Waals surface area (Å²) >= 11 is 0. The molecule has 0 amide bonds. The Morgan fingerprint density at radius 2 is 1.00 bits per heavy atom. The van der Waals surface area contributed by atoms with Crippen molar-refractivity contribution in [1.82, 2.24) is 0 Å². The summed E-state index contributed by atoms with van der Waals surface area (Å²) in [6.07, 6.45) is 0. The molecule has 1 heterocycles. The van der Waals surface area contributed by atoms with Gasteiger partial charge < -0.3 is 17.2 Å². The van der Waals surface area contributed by atoms with Crippen molar-refractivity contribution in [2.45, 2.75) is 77.8 Å². The Kier molecular flexibility index (Phi) is 6.26. The highest BCUT2D eigenvalue weighted by atomic mass is 32.3. The van der Waals surface area contributed by atoms with E-state index in [0.717, 1.165) is 0 Å². The second-order valence-electron chi connectivity index (χ2n) is 11.6. The SMILES string of the molecule is CC(C)(C)[Si](C)(C)Oc1ccc2c(c1)-c1cc(O[Si](C)(C)C(C)(C)C)ccc1OS(=O)(=O)O2. The Hall–Kier alpha value is -1.98. The molecule has 0 bridgehead atoms. The van der Waals surface area contributed by atoms with Crippen LogP contribution in [-0.4, -0.2) is 25.1 Å². The quantitative estimate of drug-likeness (QED) is 0.409. The maximum Gasteiger partial charge on any atom is 0.501 e. The highest BCUT2D eigenvalue weighted by Gasteiger charge is 2.40. The summed E-state index contributed by atoms with van der Waals surface area (Å²) in [4.78, 5) is 0. The van der Waals surface area contributed by atoms with Crippen LogP contribution in [0, 0.1) is 0 Å². The predicted octanol–water partition coefficient (Wildman–Crippen LogP) is 7.14. The van der Waals surface area contributed by atoms with Crippen molar-refractivity contribution >= 4 is 27.0 Å². The molecule has 1 aliphatic heterocycles. The summed E-state index contributed by atoms with van der Waals surface area (Å²) in [6, 6.07) is 10.4. The van der Waals surface area contributed by atoms with Crippen molar-refractivity contribution in [2.24, 2.45) is 0 Å². The van der Waals surface area contributed by atoms with Gasteiger partial charge in [-0.05, 0) is 72.7 Å². The summed E-state index contributed by atoms with van der Waals surface area (Å²) < 4.78 is 48.2. The van der Waals surface area contributed by atoms with E-state index in [2.05, 4.69) is 67.7 Å². The monoisotopic (exact) mass is 508 g/mol. The van der Waals surface area contributed by atoms with E-state index in [1.54, 1.807) is 24.3 Å². The second-order valence-corrected chi connectivity index (χ2v) is 22.2. The minimum Gasteiger partial charge on any atom is -0.543 e. The lowest BCUT2D eigenvalue weighted by molar-refractivity contribution is 0.397. The third kappa shape index (κ3) is 5.41. The second kappa shape index (κ2) is 8.06. The van der Waals surface area contributed by atoms with Crippen LogP contribution in [0.4, 0.5) is 0 Å². The molecule has 0 N–H and O–H groups in total. The molecule has 6 nitrogen and oxygen atoms in total. The summed E-state index contributed by atoms with van der Waals surface area (Å²) in [5.41, 5.74) is 1.17. The molecule has 2 aromatic carbocycles. The molecule has 0 atom stereocenters. The Balaban J connectivity index is 2.12. The molecule has 33 heavy (non-hydrogen) atoms. The Morgan fingerprint density at radius 1 is 0.667 bits per heavy atom. The molecule has 3 rings (SSSR count). The van der Waals surface area contributed by atoms with Gasteiger partial charge in [0.25, 0.3) is 0 Å². The van der Waals surface area contributed by atoms with E-state index in [9.17, 15) is 8.42 Å². The zero-order valence-corrected chi connectivity index (χ0v) is 24.1. The smallest absolute Gasteiger partial charge is 0.501 e. The van der Waals surface area contributed by atoms with E-state index < -0.39 is 27.0 Å². The van der Waals surface area contributed by atoms with Crippen LogP contribution in [0.3, 0.4) is 0 Å². The maximum atomic E-state index is 12.4. The first-order chi connectivity index (χ1) is 14.8. The van der Waals surface area contributed by atoms with Gasteiger partial charge in [0.15, 0.2) is 11.5 Å². The van der Waals surface area contributed by atoms with Crippen LogP contribution >= 0.6 is 0 Å². The first kappa shape index (κ1) is 25.6. The molecule has 9 heteroatoms. The molecule has 0 unspecified atom stereocenters. The van der Waals surface area contributed by atoms with Gasteiger partial charge in [-0.1, -0.05) is 41.5 Å². The molecule has 0 aliphatic carbocycles. The predicted molar refractivity (Wildman–Crippen MR) is 138 cm³/mol. The van der Waals surface area contributed by atoms with Crippen LogP contribution in [0.2, 0.25) is 36.3 Å². The molecule has 1 aliphatic rings.